The Bertz CT molecular complexity index is 992. The molecule has 0 fully saturated rings. The van der Waals surface area contributed by atoms with E-state index in [0.29, 0.717) is 29.7 Å². The normalized spacial score (nSPS) is 13.9. The topological polar surface area (TPSA) is 84.9 Å². The molecule has 1 aliphatic heterocycles. The van der Waals surface area contributed by atoms with E-state index in [4.69, 9.17) is 21.1 Å². The van der Waals surface area contributed by atoms with Crippen LogP contribution in [-0.4, -0.2) is 45.9 Å². The number of ether oxygens (including phenoxy) is 2. The maximum atomic E-state index is 12.5. The van der Waals surface area contributed by atoms with Crippen LogP contribution in [0, 0.1) is 0 Å². The molecule has 0 aromatic heterocycles. The second-order valence-corrected chi connectivity index (χ2v) is 9.01. The number of fused-ring (bicyclic) bond motifs is 1. The fourth-order valence-electron chi connectivity index (χ4n) is 2.68. The van der Waals surface area contributed by atoms with E-state index in [9.17, 15) is 13.2 Å². The molecule has 0 radical (unpaired) electrons. The molecule has 0 spiro atoms. The van der Waals surface area contributed by atoms with Crippen molar-refractivity contribution >= 4 is 27.5 Å². The van der Waals surface area contributed by atoms with Gasteiger partial charge in [-0.2, -0.15) is 0 Å². The first kappa shape index (κ1) is 20.4. The van der Waals surface area contributed by atoms with E-state index in [2.05, 4.69) is 5.32 Å². The van der Waals surface area contributed by atoms with Crippen molar-refractivity contribution in [2.24, 2.45) is 0 Å². The SMILES string of the molecule is CN(C)S(=O)(=O)c1cccc(C(=O)NCc2cc(Cl)c3c(c2)OCCCO3)c1. The van der Waals surface area contributed by atoms with Crippen LogP contribution in [0.25, 0.3) is 0 Å². The van der Waals surface area contributed by atoms with Crippen molar-refractivity contribution in [3.63, 3.8) is 0 Å². The molecule has 0 saturated heterocycles. The van der Waals surface area contributed by atoms with Crippen LogP contribution in [-0.2, 0) is 16.6 Å². The lowest BCUT2D eigenvalue weighted by Gasteiger charge is -2.13. The largest absolute Gasteiger partial charge is 0.489 e. The number of hydrogen-bond donors (Lipinski definition) is 1. The number of halogens is 1. The average Bonchev–Trinajstić information content (AvgIpc) is 2.92. The minimum absolute atomic E-state index is 0.0590. The Kier molecular flexibility index (Phi) is 6.12. The Morgan fingerprint density at radius 2 is 1.93 bits per heavy atom. The first-order chi connectivity index (χ1) is 13.3. The molecule has 150 valence electrons. The first-order valence-electron chi connectivity index (χ1n) is 8.68. The van der Waals surface area contributed by atoms with E-state index in [0.717, 1.165) is 16.3 Å². The maximum absolute atomic E-state index is 12.5. The van der Waals surface area contributed by atoms with Gasteiger partial charge in [-0.05, 0) is 35.9 Å². The van der Waals surface area contributed by atoms with E-state index in [1.54, 1.807) is 18.2 Å². The second-order valence-electron chi connectivity index (χ2n) is 6.45. The number of rotatable bonds is 5. The van der Waals surface area contributed by atoms with Gasteiger partial charge in [-0.3, -0.25) is 4.79 Å². The van der Waals surface area contributed by atoms with Crippen molar-refractivity contribution in [1.82, 2.24) is 9.62 Å². The van der Waals surface area contributed by atoms with Gasteiger partial charge in [-0.15, -0.1) is 0 Å². The Labute approximate surface area is 169 Å². The Balaban J connectivity index is 1.75. The van der Waals surface area contributed by atoms with Crippen molar-refractivity contribution in [2.45, 2.75) is 17.9 Å². The molecule has 0 aliphatic carbocycles. The zero-order valence-electron chi connectivity index (χ0n) is 15.6. The summed E-state index contributed by atoms with van der Waals surface area (Å²) in [5.41, 5.74) is 1.00. The predicted molar refractivity (Wildman–Crippen MR) is 106 cm³/mol. The average molecular weight is 425 g/mol. The molecule has 9 heteroatoms. The molecule has 1 amide bonds. The molecular formula is C19H21ClN2O5S. The highest BCUT2D eigenvalue weighted by Crippen LogP contribution is 2.37. The first-order valence-corrected chi connectivity index (χ1v) is 10.5. The lowest BCUT2D eigenvalue weighted by atomic mass is 10.1. The van der Waals surface area contributed by atoms with Gasteiger partial charge >= 0.3 is 0 Å². The summed E-state index contributed by atoms with van der Waals surface area (Å²) in [6.07, 6.45) is 0.767. The smallest absolute Gasteiger partial charge is 0.251 e. The van der Waals surface area contributed by atoms with E-state index in [1.165, 1.54) is 32.3 Å². The summed E-state index contributed by atoms with van der Waals surface area (Å²) in [5, 5.41) is 3.19. The highest BCUT2D eigenvalue weighted by molar-refractivity contribution is 7.89. The van der Waals surface area contributed by atoms with Crippen molar-refractivity contribution in [1.29, 1.82) is 0 Å². The van der Waals surface area contributed by atoms with Gasteiger partial charge in [0.2, 0.25) is 10.0 Å². The van der Waals surface area contributed by atoms with Crippen LogP contribution in [0.2, 0.25) is 5.02 Å². The van der Waals surface area contributed by atoms with Gasteiger partial charge in [0.15, 0.2) is 11.5 Å². The van der Waals surface area contributed by atoms with Crippen LogP contribution in [0.1, 0.15) is 22.3 Å². The molecule has 2 aromatic rings. The molecule has 28 heavy (non-hydrogen) atoms. The third-order valence-electron chi connectivity index (χ3n) is 4.19. The van der Waals surface area contributed by atoms with Crippen molar-refractivity contribution in [2.75, 3.05) is 27.3 Å². The molecule has 2 aromatic carbocycles. The van der Waals surface area contributed by atoms with Gasteiger partial charge in [0.25, 0.3) is 5.91 Å². The summed E-state index contributed by atoms with van der Waals surface area (Å²) in [6.45, 7) is 1.28. The molecule has 0 bridgehead atoms. The van der Waals surface area contributed by atoms with Gasteiger partial charge in [-0.25, -0.2) is 12.7 Å². The molecule has 1 heterocycles. The monoisotopic (exact) mass is 424 g/mol. The standard InChI is InChI=1S/C19H21ClN2O5S/c1-22(2)28(24,25)15-6-3-5-14(11-15)19(23)21-12-13-9-16(20)18-17(10-13)26-7-4-8-27-18/h3,5-6,9-11H,4,7-8,12H2,1-2H3,(H,21,23). The highest BCUT2D eigenvalue weighted by atomic mass is 35.5. The predicted octanol–water partition coefficient (Wildman–Crippen LogP) is 2.68. The minimum Gasteiger partial charge on any atom is -0.489 e. The number of nitrogens with one attached hydrogen (secondary N) is 1. The van der Waals surface area contributed by atoms with E-state index >= 15 is 0 Å². The molecule has 1 aliphatic rings. The van der Waals surface area contributed by atoms with E-state index in [-0.39, 0.29) is 22.9 Å². The zero-order valence-corrected chi connectivity index (χ0v) is 17.1. The van der Waals surface area contributed by atoms with Crippen LogP contribution in [0.4, 0.5) is 0 Å². The van der Waals surface area contributed by atoms with E-state index < -0.39 is 10.0 Å². The number of nitrogens with zero attached hydrogens (tertiary/aromatic N) is 1. The van der Waals surface area contributed by atoms with Crippen LogP contribution in [0.15, 0.2) is 41.3 Å². The highest BCUT2D eigenvalue weighted by Gasteiger charge is 2.19. The fourth-order valence-corrected chi connectivity index (χ4v) is 3.92. The van der Waals surface area contributed by atoms with Crippen LogP contribution in [0.3, 0.4) is 0 Å². The zero-order chi connectivity index (χ0) is 20.3. The van der Waals surface area contributed by atoms with Gasteiger partial charge < -0.3 is 14.8 Å². The van der Waals surface area contributed by atoms with Gasteiger partial charge in [0.05, 0.1) is 23.1 Å². The minimum atomic E-state index is -3.61. The summed E-state index contributed by atoms with van der Waals surface area (Å²) in [4.78, 5) is 12.5. The lowest BCUT2D eigenvalue weighted by molar-refractivity contribution is 0.0950. The van der Waals surface area contributed by atoms with Crippen LogP contribution in [0.5, 0.6) is 11.5 Å². The quantitative estimate of drug-likeness (QED) is 0.797. The number of hydrogen-bond acceptors (Lipinski definition) is 5. The van der Waals surface area contributed by atoms with Crippen molar-refractivity contribution in [3.05, 3.63) is 52.5 Å². The Morgan fingerprint density at radius 1 is 1.18 bits per heavy atom. The number of carbonyl (C=O) groups excluding carboxylic acids is 1. The number of benzene rings is 2. The molecule has 3 rings (SSSR count). The summed E-state index contributed by atoms with van der Waals surface area (Å²) in [7, 11) is -0.733. The van der Waals surface area contributed by atoms with Crippen LogP contribution >= 0.6 is 11.6 Å². The van der Waals surface area contributed by atoms with Gasteiger partial charge in [-0.1, -0.05) is 17.7 Å². The third-order valence-corrected chi connectivity index (χ3v) is 6.28. The molecule has 0 unspecified atom stereocenters. The number of sulfonamides is 1. The second kappa shape index (κ2) is 8.38. The summed E-state index contributed by atoms with van der Waals surface area (Å²) in [5.74, 6) is 0.670. The third kappa shape index (κ3) is 4.40. The summed E-state index contributed by atoms with van der Waals surface area (Å²) in [6, 6.07) is 9.39. The summed E-state index contributed by atoms with van der Waals surface area (Å²) >= 11 is 6.26. The number of amides is 1. The summed E-state index contributed by atoms with van der Waals surface area (Å²) < 4.78 is 36.8. The molecule has 7 nitrogen and oxygen atoms in total. The fraction of sp³-hybridized carbons (Fsp3) is 0.316. The molecule has 0 atom stereocenters. The molecular weight excluding hydrogens is 404 g/mol. The van der Waals surface area contributed by atoms with E-state index in [1.807, 2.05) is 0 Å². The number of carbonyl (C=O) groups is 1. The van der Waals surface area contributed by atoms with Crippen molar-refractivity contribution < 1.29 is 22.7 Å². The van der Waals surface area contributed by atoms with Crippen LogP contribution < -0.4 is 14.8 Å². The maximum Gasteiger partial charge on any atom is 0.251 e. The van der Waals surface area contributed by atoms with Gasteiger partial charge in [0.1, 0.15) is 0 Å². The Hall–Kier alpha value is -2.29. The lowest BCUT2D eigenvalue weighted by Crippen LogP contribution is -2.25. The molecule has 0 saturated carbocycles. The van der Waals surface area contributed by atoms with Crippen molar-refractivity contribution in [3.8, 4) is 11.5 Å². The molecule has 1 N–H and O–H groups in total. The Morgan fingerprint density at radius 3 is 2.68 bits per heavy atom. The van der Waals surface area contributed by atoms with Gasteiger partial charge in [0, 0.05) is 32.6 Å².